The smallest absolute Gasteiger partial charge is 0.00640 e. The molecule has 0 aliphatic carbocycles. The Hall–Kier alpha value is 0.250. The van der Waals surface area contributed by atoms with Crippen LogP contribution in [0.3, 0.4) is 0 Å². The van der Waals surface area contributed by atoms with Crippen molar-refractivity contribution in [3.63, 3.8) is 0 Å². The van der Waals surface area contributed by atoms with Gasteiger partial charge in [-0.25, -0.2) is 0 Å². The van der Waals surface area contributed by atoms with Crippen LogP contribution in [0.5, 0.6) is 0 Å². The Kier molecular flexibility index (Phi) is 9.48. The van der Waals surface area contributed by atoms with Crippen LogP contribution in [0.4, 0.5) is 0 Å². The highest BCUT2D eigenvalue weighted by Crippen LogP contribution is 2.00. The molecule has 0 heterocycles. The van der Waals surface area contributed by atoms with Crippen molar-refractivity contribution in [3.05, 3.63) is 0 Å². The Morgan fingerprint density at radius 2 is 1.50 bits per heavy atom. The van der Waals surface area contributed by atoms with Crippen molar-refractivity contribution in [2.45, 2.75) is 40.2 Å². The van der Waals surface area contributed by atoms with Crippen molar-refractivity contribution in [2.75, 3.05) is 13.1 Å². The van der Waals surface area contributed by atoms with Crippen molar-refractivity contribution >= 4 is 12.4 Å². The third-order valence-corrected chi connectivity index (χ3v) is 2.03. The molecule has 0 N–H and O–H groups in total. The molecule has 0 radical (unpaired) electrons. The molecule has 64 valence electrons. The maximum Gasteiger partial charge on any atom is 0.00640 e. The van der Waals surface area contributed by atoms with Crippen molar-refractivity contribution in [3.8, 4) is 0 Å². The van der Waals surface area contributed by atoms with Gasteiger partial charge in [-0.1, -0.05) is 20.8 Å². The number of hydrogen-bond donors (Lipinski definition) is 0. The lowest BCUT2D eigenvalue weighted by atomic mass is 10.2. The zero-order valence-corrected chi connectivity index (χ0v) is 8.37. The lowest BCUT2D eigenvalue weighted by molar-refractivity contribution is 0.226. The average molecular weight is 166 g/mol. The summed E-state index contributed by atoms with van der Waals surface area (Å²) in [4.78, 5) is 2.47. The van der Waals surface area contributed by atoms with E-state index in [-0.39, 0.29) is 12.4 Å². The molecule has 0 rings (SSSR count). The van der Waals surface area contributed by atoms with Crippen LogP contribution in [0, 0.1) is 0 Å². The maximum absolute atomic E-state index is 2.47. The first kappa shape index (κ1) is 12.9. The first-order valence-corrected chi connectivity index (χ1v) is 4.00. The zero-order chi connectivity index (χ0) is 7.28. The summed E-state index contributed by atoms with van der Waals surface area (Å²) in [6.45, 7) is 11.3. The van der Waals surface area contributed by atoms with Gasteiger partial charge in [-0.15, -0.1) is 12.4 Å². The predicted molar refractivity (Wildman–Crippen MR) is 49.9 cm³/mol. The van der Waals surface area contributed by atoms with Crippen molar-refractivity contribution in [1.82, 2.24) is 4.90 Å². The first-order chi connectivity index (χ1) is 4.26. The van der Waals surface area contributed by atoms with E-state index in [2.05, 4.69) is 32.6 Å². The molecule has 0 saturated carbocycles. The van der Waals surface area contributed by atoms with Crippen LogP contribution in [-0.4, -0.2) is 24.0 Å². The molecule has 1 nitrogen and oxygen atoms in total. The Labute approximate surface area is 71.2 Å². The molecule has 0 aliphatic rings. The van der Waals surface area contributed by atoms with Crippen LogP contribution in [-0.2, 0) is 0 Å². The maximum atomic E-state index is 2.47. The quantitative estimate of drug-likeness (QED) is 0.619. The lowest BCUT2D eigenvalue weighted by Crippen LogP contribution is -2.31. The predicted octanol–water partition coefficient (Wildman–Crippen LogP) is 2.55. The second-order valence-electron chi connectivity index (χ2n) is 2.48. The third kappa shape index (κ3) is 4.13. The molecule has 10 heavy (non-hydrogen) atoms. The minimum atomic E-state index is 0. The summed E-state index contributed by atoms with van der Waals surface area (Å²) in [5.74, 6) is 0. The SMILES string of the molecule is CCC(C)N(CC)CC.Cl. The summed E-state index contributed by atoms with van der Waals surface area (Å²) in [5.41, 5.74) is 0. The Morgan fingerprint density at radius 3 is 1.60 bits per heavy atom. The van der Waals surface area contributed by atoms with Gasteiger partial charge in [-0.2, -0.15) is 0 Å². The van der Waals surface area contributed by atoms with Gasteiger partial charge in [-0.05, 0) is 26.4 Å². The van der Waals surface area contributed by atoms with Crippen LogP contribution in [0.2, 0.25) is 0 Å². The van der Waals surface area contributed by atoms with Crippen molar-refractivity contribution in [1.29, 1.82) is 0 Å². The number of halogens is 1. The summed E-state index contributed by atoms with van der Waals surface area (Å²) in [5, 5.41) is 0. The van der Waals surface area contributed by atoms with E-state index >= 15 is 0 Å². The summed E-state index contributed by atoms with van der Waals surface area (Å²) >= 11 is 0. The molecule has 0 saturated heterocycles. The van der Waals surface area contributed by atoms with E-state index in [1.807, 2.05) is 0 Å². The first-order valence-electron chi connectivity index (χ1n) is 4.00. The van der Waals surface area contributed by atoms with E-state index in [9.17, 15) is 0 Å². The third-order valence-electron chi connectivity index (χ3n) is 2.03. The number of hydrogen-bond acceptors (Lipinski definition) is 1. The van der Waals surface area contributed by atoms with E-state index in [0.717, 1.165) is 6.04 Å². The van der Waals surface area contributed by atoms with Gasteiger partial charge in [0, 0.05) is 6.04 Å². The fourth-order valence-electron chi connectivity index (χ4n) is 1.11. The molecule has 2 heteroatoms. The van der Waals surface area contributed by atoms with E-state index in [1.165, 1.54) is 19.5 Å². The Balaban J connectivity index is 0. The molecule has 0 bridgehead atoms. The minimum absolute atomic E-state index is 0. The molecule has 0 spiro atoms. The van der Waals surface area contributed by atoms with Crippen molar-refractivity contribution < 1.29 is 0 Å². The van der Waals surface area contributed by atoms with Gasteiger partial charge in [-0.3, -0.25) is 0 Å². The van der Waals surface area contributed by atoms with Gasteiger partial charge in [0.25, 0.3) is 0 Å². The molecular weight excluding hydrogens is 146 g/mol. The second-order valence-corrected chi connectivity index (χ2v) is 2.48. The molecule has 1 atom stereocenters. The highest BCUT2D eigenvalue weighted by Gasteiger charge is 2.05. The summed E-state index contributed by atoms with van der Waals surface area (Å²) < 4.78 is 0. The summed E-state index contributed by atoms with van der Waals surface area (Å²) in [6, 6.07) is 0.764. The van der Waals surface area contributed by atoms with E-state index in [1.54, 1.807) is 0 Å². The molecule has 0 aromatic carbocycles. The van der Waals surface area contributed by atoms with Crippen LogP contribution in [0.25, 0.3) is 0 Å². The van der Waals surface area contributed by atoms with Gasteiger partial charge in [0.05, 0.1) is 0 Å². The summed E-state index contributed by atoms with van der Waals surface area (Å²) in [6.07, 6.45) is 1.27. The fourth-order valence-corrected chi connectivity index (χ4v) is 1.11. The highest BCUT2D eigenvalue weighted by atomic mass is 35.5. The van der Waals surface area contributed by atoms with E-state index < -0.39 is 0 Å². The molecule has 0 aromatic rings. The minimum Gasteiger partial charge on any atom is -0.301 e. The van der Waals surface area contributed by atoms with Crippen LogP contribution in [0.15, 0.2) is 0 Å². The summed E-state index contributed by atoms with van der Waals surface area (Å²) in [7, 11) is 0. The standard InChI is InChI=1S/C8H19N.ClH/c1-5-8(4)9(6-2)7-3;/h8H,5-7H2,1-4H3;1H. The number of nitrogens with zero attached hydrogens (tertiary/aromatic N) is 1. The van der Waals surface area contributed by atoms with Gasteiger partial charge in [0.2, 0.25) is 0 Å². The number of rotatable bonds is 4. The van der Waals surface area contributed by atoms with Gasteiger partial charge >= 0.3 is 0 Å². The van der Waals surface area contributed by atoms with E-state index in [4.69, 9.17) is 0 Å². The Morgan fingerprint density at radius 1 is 1.10 bits per heavy atom. The average Bonchev–Trinajstić information content (AvgIpc) is 1.90. The molecular formula is C8H20ClN. The van der Waals surface area contributed by atoms with Gasteiger partial charge < -0.3 is 4.90 Å². The second kappa shape index (κ2) is 7.36. The Bertz CT molecular complexity index is 62.3. The van der Waals surface area contributed by atoms with Gasteiger partial charge in [0.15, 0.2) is 0 Å². The highest BCUT2D eigenvalue weighted by molar-refractivity contribution is 5.85. The molecule has 0 aliphatic heterocycles. The van der Waals surface area contributed by atoms with Crippen LogP contribution >= 0.6 is 12.4 Å². The zero-order valence-electron chi connectivity index (χ0n) is 7.55. The monoisotopic (exact) mass is 165 g/mol. The molecule has 0 amide bonds. The molecule has 0 aromatic heterocycles. The normalized spacial score (nSPS) is 12.9. The van der Waals surface area contributed by atoms with Gasteiger partial charge in [0.1, 0.15) is 0 Å². The van der Waals surface area contributed by atoms with E-state index in [0.29, 0.717) is 0 Å². The fraction of sp³-hybridized carbons (Fsp3) is 1.00. The lowest BCUT2D eigenvalue weighted by Gasteiger charge is -2.24. The largest absolute Gasteiger partial charge is 0.301 e. The molecule has 0 fully saturated rings. The molecule has 1 unspecified atom stereocenters. The van der Waals surface area contributed by atoms with Crippen LogP contribution < -0.4 is 0 Å². The van der Waals surface area contributed by atoms with Crippen molar-refractivity contribution in [2.24, 2.45) is 0 Å². The topological polar surface area (TPSA) is 3.24 Å². The van der Waals surface area contributed by atoms with Crippen LogP contribution in [0.1, 0.15) is 34.1 Å².